The predicted octanol–water partition coefficient (Wildman–Crippen LogP) is 4.06. The highest BCUT2D eigenvalue weighted by molar-refractivity contribution is 5.31. The first-order valence-corrected chi connectivity index (χ1v) is 7.46. The van der Waals surface area contributed by atoms with Crippen LogP contribution in [0.1, 0.15) is 30.4 Å². The van der Waals surface area contributed by atoms with Gasteiger partial charge in [-0.2, -0.15) is 0 Å². The molecule has 2 aromatic rings. The van der Waals surface area contributed by atoms with Crippen LogP contribution in [0.25, 0.3) is 0 Å². The monoisotopic (exact) mass is 267 g/mol. The first-order chi connectivity index (χ1) is 9.90. The Bertz CT molecular complexity index is 515. The molecule has 104 valence electrons. The summed E-state index contributed by atoms with van der Waals surface area (Å²) in [6.07, 6.45) is 4.79. The number of hydrogen-bond donors (Lipinski definition) is 0. The van der Waals surface area contributed by atoms with Crippen molar-refractivity contribution in [3.63, 3.8) is 0 Å². The van der Waals surface area contributed by atoms with Gasteiger partial charge in [0.25, 0.3) is 0 Å². The normalized spacial score (nSPS) is 16.0. The fourth-order valence-corrected chi connectivity index (χ4v) is 2.60. The third-order valence-electron chi connectivity index (χ3n) is 3.72. The van der Waals surface area contributed by atoms with E-state index >= 15 is 0 Å². The van der Waals surface area contributed by atoms with Gasteiger partial charge >= 0.3 is 0 Å². The van der Waals surface area contributed by atoms with Gasteiger partial charge in [-0.1, -0.05) is 48.9 Å². The summed E-state index contributed by atoms with van der Waals surface area (Å²) in [6.45, 7) is 2.09. The van der Waals surface area contributed by atoms with Crippen LogP contribution < -0.4 is 4.84 Å². The average molecular weight is 267 g/mol. The van der Waals surface area contributed by atoms with Crippen molar-refractivity contribution in [3.8, 4) is 5.75 Å². The van der Waals surface area contributed by atoms with Crippen LogP contribution in [0.4, 0.5) is 0 Å². The SMILES string of the molecule is c1ccc(Cc2ccc(ON3CCCCC3)cc2)cc1. The van der Waals surface area contributed by atoms with Crippen LogP contribution in [-0.4, -0.2) is 18.2 Å². The van der Waals surface area contributed by atoms with Gasteiger partial charge in [-0.25, -0.2) is 0 Å². The number of nitrogens with zero attached hydrogens (tertiary/aromatic N) is 1. The highest BCUT2D eigenvalue weighted by Crippen LogP contribution is 2.18. The van der Waals surface area contributed by atoms with Gasteiger partial charge in [-0.3, -0.25) is 0 Å². The van der Waals surface area contributed by atoms with Gasteiger partial charge in [0, 0.05) is 13.1 Å². The zero-order chi connectivity index (χ0) is 13.6. The van der Waals surface area contributed by atoms with E-state index in [-0.39, 0.29) is 0 Å². The molecule has 1 saturated heterocycles. The molecule has 0 unspecified atom stereocenters. The third kappa shape index (κ3) is 3.61. The highest BCUT2D eigenvalue weighted by Gasteiger charge is 2.11. The van der Waals surface area contributed by atoms with E-state index in [0.29, 0.717) is 0 Å². The van der Waals surface area contributed by atoms with E-state index in [0.717, 1.165) is 25.3 Å². The zero-order valence-electron chi connectivity index (χ0n) is 11.8. The fraction of sp³-hybridized carbons (Fsp3) is 0.333. The van der Waals surface area contributed by atoms with Crippen molar-refractivity contribution in [2.45, 2.75) is 25.7 Å². The molecule has 0 aromatic heterocycles. The molecule has 20 heavy (non-hydrogen) atoms. The number of hydroxylamine groups is 2. The molecule has 0 bridgehead atoms. The summed E-state index contributed by atoms with van der Waals surface area (Å²) in [4.78, 5) is 5.89. The van der Waals surface area contributed by atoms with Crippen molar-refractivity contribution in [1.29, 1.82) is 0 Å². The second-order valence-corrected chi connectivity index (χ2v) is 5.39. The van der Waals surface area contributed by atoms with Gasteiger partial charge < -0.3 is 4.84 Å². The molecule has 3 rings (SSSR count). The lowest BCUT2D eigenvalue weighted by Gasteiger charge is -2.26. The predicted molar refractivity (Wildman–Crippen MR) is 81.7 cm³/mol. The summed E-state index contributed by atoms with van der Waals surface area (Å²) in [6, 6.07) is 19.0. The van der Waals surface area contributed by atoms with Gasteiger partial charge in [0.2, 0.25) is 0 Å². The van der Waals surface area contributed by atoms with Crippen LogP contribution >= 0.6 is 0 Å². The smallest absolute Gasteiger partial charge is 0.147 e. The molecule has 0 amide bonds. The van der Waals surface area contributed by atoms with E-state index < -0.39 is 0 Å². The molecule has 1 fully saturated rings. The molecule has 0 spiro atoms. The van der Waals surface area contributed by atoms with Crippen molar-refractivity contribution >= 4 is 0 Å². The summed E-state index contributed by atoms with van der Waals surface area (Å²) < 4.78 is 0. The van der Waals surface area contributed by atoms with E-state index in [4.69, 9.17) is 4.84 Å². The number of piperidine rings is 1. The highest BCUT2D eigenvalue weighted by atomic mass is 16.7. The summed E-state index contributed by atoms with van der Waals surface area (Å²) in [5.74, 6) is 0.948. The van der Waals surface area contributed by atoms with E-state index in [1.54, 1.807) is 0 Å². The first-order valence-electron chi connectivity index (χ1n) is 7.46. The van der Waals surface area contributed by atoms with Crippen molar-refractivity contribution < 1.29 is 4.84 Å². The van der Waals surface area contributed by atoms with Gasteiger partial charge in [0.05, 0.1) is 0 Å². The van der Waals surface area contributed by atoms with Crippen molar-refractivity contribution in [2.24, 2.45) is 0 Å². The zero-order valence-corrected chi connectivity index (χ0v) is 11.8. The number of hydrogen-bond acceptors (Lipinski definition) is 2. The second-order valence-electron chi connectivity index (χ2n) is 5.39. The Labute approximate surface area is 120 Å². The largest absolute Gasteiger partial charge is 0.406 e. The molecule has 2 nitrogen and oxygen atoms in total. The van der Waals surface area contributed by atoms with Crippen molar-refractivity contribution in [2.75, 3.05) is 13.1 Å². The van der Waals surface area contributed by atoms with Crippen LogP contribution in [0.15, 0.2) is 54.6 Å². The number of rotatable bonds is 4. The molecule has 0 radical (unpaired) electrons. The molecule has 0 aliphatic carbocycles. The molecule has 2 heteroatoms. The minimum atomic E-state index is 0.948. The maximum atomic E-state index is 5.89. The molecular weight excluding hydrogens is 246 g/mol. The fourth-order valence-electron chi connectivity index (χ4n) is 2.60. The van der Waals surface area contributed by atoms with Crippen LogP contribution in [0.5, 0.6) is 5.75 Å². The lowest BCUT2D eigenvalue weighted by Crippen LogP contribution is -2.32. The molecule has 0 saturated carbocycles. The quantitative estimate of drug-likeness (QED) is 0.828. The molecule has 2 aromatic carbocycles. The maximum absolute atomic E-state index is 5.89. The van der Waals surface area contributed by atoms with Gasteiger partial charge in [0.15, 0.2) is 0 Å². The molecule has 1 aliphatic rings. The summed E-state index contributed by atoms with van der Waals surface area (Å²) >= 11 is 0. The number of benzene rings is 2. The molecular formula is C18H21NO. The van der Waals surface area contributed by atoms with Gasteiger partial charge in [-0.15, -0.1) is 5.06 Å². The lowest BCUT2D eigenvalue weighted by molar-refractivity contribution is -0.0720. The first kappa shape index (κ1) is 13.2. The maximum Gasteiger partial charge on any atom is 0.147 e. The topological polar surface area (TPSA) is 12.5 Å². The summed E-state index contributed by atoms with van der Waals surface area (Å²) in [5.41, 5.74) is 2.67. The van der Waals surface area contributed by atoms with Crippen LogP contribution in [0.3, 0.4) is 0 Å². The average Bonchev–Trinajstić information content (AvgIpc) is 2.51. The minimum Gasteiger partial charge on any atom is -0.406 e. The lowest BCUT2D eigenvalue weighted by atomic mass is 10.1. The minimum absolute atomic E-state index is 0.948. The standard InChI is InChI=1S/C18H21NO/c1-3-7-16(8-4-1)15-17-9-11-18(12-10-17)20-19-13-5-2-6-14-19/h1,3-4,7-12H,2,5-6,13-15H2. The Morgan fingerprint density at radius 1 is 0.750 bits per heavy atom. The molecule has 1 heterocycles. The van der Waals surface area contributed by atoms with E-state index in [1.165, 1.54) is 30.4 Å². The Balaban J connectivity index is 1.59. The molecule has 0 atom stereocenters. The Kier molecular flexibility index (Phi) is 4.34. The Morgan fingerprint density at radius 3 is 2.10 bits per heavy atom. The van der Waals surface area contributed by atoms with Crippen molar-refractivity contribution in [1.82, 2.24) is 5.06 Å². The van der Waals surface area contributed by atoms with E-state index in [9.17, 15) is 0 Å². The molecule has 1 aliphatic heterocycles. The van der Waals surface area contributed by atoms with Crippen LogP contribution in [-0.2, 0) is 6.42 Å². The Morgan fingerprint density at radius 2 is 1.40 bits per heavy atom. The van der Waals surface area contributed by atoms with Gasteiger partial charge in [-0.05, 0) is 42.5 Å². The van der Waals surface area contributed by atoms with Crippen LogP contribution in [0.2, 0.25) is 0 Å². The van der Waals surface area contributed by atoms with E-state index in [2.05, 4.69) is 59.7 Å². The third-order valence-corrected chi connectivity index (χ3v) is 3.72. The van der Waals surface area contributed by atoms with Gasteiger partial charge in [0.1, 0.15) is 5.75 Å². The molecule has 0 N–H and O–H groups in total. The van der Waals surface area contributed by atoms with Crippen LogP contribution in [0, 0.1) is 0 Å². The Hall–Kier alpha value is -1.80. The van der Waals surface area contributed by atoms with E-state index in [1.807, 2.05) is 0 Å². The summed E-state index contributed by atoms with van der Waals surface area (Å²) in [5, 5.41) is 2.08. The second kappa shape index (κ2) is 6.58. The summed E-state index contributed by atoms with van der Waals surface area (Å²) in [7, 11) is 0. The van der Waals surface area contributed by atoms with Crippen molar-refractivity contribution in [3.05, 3.63) is 65.7 Å².